The molecule has 0 amide bonds. The molecule has 3 heteroatoms. The molecular weight excluding hydrogens is 358 g/mol. The number of aromatic hydroxyl groups is 1. The van der Waals surface area contributed by atoms with Crippen LogP contribution in [0.2, 0.25) is 0 Å². The van der Waals surface area contributed by atoms with Gasteiger partial charge in [-0.25, -0.2) is 0 Å². The van der Waals surface area contributed by atoms with Crippen LogP contribution < -0.4 is 0 Å². The van der Waals surface area contributed by atoms with E-state index >= 15 is 0 Å². The highest BCUT2D eigenvalue weighted by atomic mass is 16.3. The molecule has 0 saturated heterocycles. The predicted octanol–water partition coefficient (Wildman–Crippen LogP) is 5.38. The van der Waals surface area contributed by atoms with Crippen molar-refractivity contribution in [1.82, 2.24) is 0 Å². The Bertz CT molecular complexity index is 1060. The molecule has 5 rings (SSSR count). The summed E-state index contributed by atoms with van der Waals surface area (Å²) in [7, 11) is 0. The van der Waals surface area contributed by atoms with Crippen LogP contribution in [-0.4, -0.2) is 10.9 Å². The Morgan fingerprint density at radius 1 is 1.17 bits per heavy atom. The van der Waals surface area contributed by atoms with E-state index < -0.39 is 0 Å². The predicted molar refractivity (Wildman–Crippen MR) is 112 cm³/mol. The average Bonchev–Trinajstić information content (AvgIpc) is 2.99. The molecule has 2 fully saturated rings. The second-order valence-corrected chi connectivity index (χ2v) is 9.19. The minimum atomic E-state index is -0.256. The van der Waals surface area contributed by atoms with Gasteiger partial charge in [-0.1, -0.05) is 25.1 Å². The molecular formula is C26H25NO2. The molecule has 2 saturated carbocycles. The number of fused-ring (bicyclic) bond motifs is 5. The number of hydrogen-bond acceptors (Lipinski definition) is 3. The summed E-state index contributed by atoms with van der Waals surface area (Å²) in [6.45, 7) is 2.18. The molecule has 0 spiro atoms. The summed E-state index contributed by atoms with van der Waals surface area (Å²) < 4.78 is 0. The van der Waals surface area contributed by atoms with Crippen LogP contribution in [0.3, 0.4) is 0 Å². The highest BCUT2D eigenvalue weighted by molar-refractivity contribution is 6.06. The lowest BCUT2D eigenvalue weighted by molar-refractivity contribution is -0.127. The normalized spacial score (nSPS) is 31.7. The summed E-state index contributed by atoms with van der Waals surface area (Å²) in [5.41, 5.74) is 4.99. The van der Waals surface area contributed by atoms with Crippen LogP contribution in [0, 0.1) is 28.6 Å². The summed E-state index contributed by atoms with van der Waals surface area (Å²) in [4.78, 5) is 13.4. The van der Waals surface area contributed by atoms with Gasteiger partial charge in [0.25, 0.3) is 0 Å². The van der Waals surface area contributed by atoms with Crippen LogP contribution in [0.5, 0.6) is 5.75 Å². The third-order valence-electron chi connectivity index (χ3n) is 7.73. The molecule has 146 valence electrons. The van der Waals surface area contributed by atoms with Crippen molar-refractivity contribution in [3.8, 4) is 11.8 Å². The van der Waals surface area contributed by atoms with E-state index in [4.69, 9.17) is 5.26 Å². The maximum atomic E-state index is 13.4. The minimum absolute atomic E-state index is 0.256. The summed E-state index contributed by atoms with van der Waals surface area (Å²) in [5.74, 6) is 2.09. The molecule has 0 unspecified atom stereocenters. The molecule has 0 bridgehead atoms. The van der Waals surface area contributed by atoms with E-state index in [2.05, 4.69) is 19.1 Å². The molecule has 2 aromatic rings. The fourth-order valence-corrected chi connectivity index (χ4v) is 6.22. The molecule has 0 aromatic heterocycles. The summed E-state index contributed by atoms with van der Waals surface area (Å²) in [6.07, 6.45) is 6.95. The van der Waals surface area contributed by atoms with Crippen molar-refractivity contribution < 1.29 is 9.90 Å². The van der Waals surface area contributed by atoms with Crippen molar-refractivity contribution >= 4 is 11.9 Å². The Morgan fingerprint density at radius 3 is 2.72 bits per heavy atom. The van der Waals surface area contributed by atoms with Gasteiger partial charge in [-0.15, -0.1) is 0 Å². The molecule has 0 heterocycles. The lowest BCUT2D eigenvalue weighted by atomic mass is 9.55. The van der Waals surface area contributed by atoms with E-state index in [1.54, 1.807) is 0 Å². The van der Waals surface area contributed by atoms with E-state index in [0.717, 1.165) is 43.2 Å². The number of allylic oxidation sites excluding steroid dienone is 1. The van der Waals surface area contributed by atoms with Crippen LogP contribution in [0.4, 0.5) is 0 Å². The quantitative estimate of drug-likeness (QED) is 0.672. The van der Waals surface area contributed by atoms with E-state index in [9.17, 15) is 9.90 Å². The number of nitriles is 1. The highest BCUT2D eigenvalue weighted by Crippen LogP contribution is 2.60. The zero-order valence-corrected chi connectivity index (χ0v) is 16.7. The number of hydrogen-bond donors (Lipinski definition) is 1. The number of aryl methyl sites for hydroxylation is 1. The molecule has 0 radical (unpaired) electrons. The number of carbonyl (C=O) groups excluding carboxylic acids is 1. The summed E-state index contributed by atoms with van der Waals surface area (Å²) in [5, 5.41) is 18.8. The van der Waals surface area contributed by atoms with Gasteiger partial charge in [0.1, 0.15) is 5.75 Å². The monoisotopic (exact) mass is 383 g/mol. The van der Waals surface area contributed by atoms with Crippen molar-refractivity contribution in [2.75, 3.05) is 0 Å². The van der Waals surface area contributed by atoms with E-state index in [1.165, 1.54) is 11.1 Å². The largest absolute Gasteiger partial charge is 0.508 e. The standard InChI is InChI=1S/C26H25NO2/c1-26-11-10-22-21-9-7-20(28)13-18(21)6-8-23(22)24(26)14-19(25(26)29)12-16-2-4-17(15-27)5-3-16/h2-5,7,9,12-13,22-24,28H,6,8,10-11,14H2,1H3/b19-12+/t22-,23-,24+,26+/m1/s1. The van der Waals surface area contributed by atoms with Crippen molar-refractivity contribution in [2.45, 2.75) is 44.9 Å². The van der Waals surface area contributed by atoms with Crippen LogP contribution in [0.1, 0.15) is 60.8 Å². The smallest absolute Gasteiger partial charge is 0.165 e. The minimum Gasteiger partial charge on any atom is -0.508 e. The summed E-state index contributed by atoms with van der Waals surface area (Å²) in [6, 6.07) is 15.5. The third kappa shape index (κ3) is 2.82. The molecule has 29 heavy (non-hydrogen) atoms. The van der Waals surface area contributed by atoms with Crippen LogP contribution >= 0.6 is 0 Å². The Hall–Kier alpha value is -2.86. The lowest BCUT2D eigenvalue weighted by Gasteiger charge is -2.48. The van der Waals surface area contributed by atoms with Crippen LogP contribution in [0.15, 0.2) is 48.0 Å². The fourth-order valence-electron chi connectivity index (χ4n) is 6.22. The number of Topliss-reactive ketones (excluding diaryl/α,β-unsaturated/α-hetero) is 1. The SMILES string of the molecule is C[C@]12CC[C@@H]3c4ccc(O)cc4CC[C@H]3[C@@H]1C/C(=C\c1ccc(C#N)cc1)C2=O. The zero-order chi connectivity index (χ0) is 20.2. The van der Waals surface area contributed by atoms with Crippen molar-refractivity contribution in [3.05, 3.63) is 70.3 Å². The Balaban J connectivity index is 1.47. The first-order valence-electron chi connectivity index (χ1n) is 10.6. The van der Waals surface area contributed by atoms with Gasteiger partial charge in [0.05, 0.1) is 11.6 Å². The number of ketones is 1. The van der Waals surface area contributed by atoms with Gasteiger partial charge >= 0.3 is 0 Å². The zero-order valence-electron chi connectivity index (χ0n) is 16.7. The fraction of sp³-hybridized carbons (Fsp3) is 0.385. The number of rotatable bonds is 1. The molecule has 3 aliphatic carbocycles. The van der Waals surface area contributed by atoms with Gasteiger partial charge in [0.2, 0.25) is 0 Å². The molecule has 0 aliphatic heterocycles. The lowest BCUT2D eigenvalue weighted by Crippen LogP contribution is -2.42. The first-order chi connectivity index (χ1) is 14.0. The average molecular weight is 383 g/mol. The number of carbonyl (C=O) groups is 1. The number of benzene rings is 2. The second-order valence-electron chi connectivity index (χ2n) is 9.19. The Morgan fingerprint density at radius 2 is 1.97 bits per heavy atom. The van der Waals surface area contributed by atoms with Gasteiger partial charge in [0, 0.05) is 5.41 Å². The second kappa shape index (κ2) is 6.59. The van der Waals surface area contributed by atoms with Gasteiger partial charge in [0.15, 0.2) is 5.78 Å². The number of nitrogens with zero attached hydrogens (tertiary/aromatic N) is 1. The third-order valence-corrected chi connectivity index (χ3v) is 7.73. The van der Waals surface area contributed by atoms with Crippen LogP contribution in [0.25, 0.3) is 6.08 Å². The van der Waals surface area contributed by atoms with Crippen molar-refractivity contribution in [3.63, 3.8) is 0 Å². The molecule has 4 atom stereocenters. The molecule has 3 nitrogen and oxygen atoms in total. The van der Waals surface area contributed by atoms with E-state index in [0.29, 0.717) is 34.8 Å². The van der Waals surface area contributed by atoms with Gasteiger partial charge in [-0.05, 0) is 102 Å². The van der Waals surface area contributed by atoms with Gasteiger partial charge < -0.3 is 5.11 Å². The molecule has 3 aliphatic rings. The Kier molecular flexibility index (Phi) is 4.13. The molecule has 1 N–H and O–H groups in total. The number of phenolic OH excluding ortho intramolecular Hbond substituents is 1. The van der Waals surface area contributed by atoms with E-state index in [-0.39, 0.29) is 5.41 Å². The van der Waals surface area contributed by atoms with Crippen molar-refractivity contribution in [2.24, 2.45) is 17.3 Å². The van der Waals surface area contributed by atoms with Crippen LogP contribution in [-0.2, 0) is 11.2 Å². The van der Waals surface area contributed by atoms with Crippen molar-refractivity contribution in [1.29, 1.82) is 5.26 Å². The van der Waals surface area contributed by atoms with E-state index in [1.807, 2.05) is 42.5 Å². The van der Waals surface area contributed by atoms with Gasteiger partial charge in [-0.3, -0.25) is 4.79 Å². The highest BCUT2D eigenvalue weighted by Gasteiger charge is 2.56. The number of phenols is 1. The maximum Gasteiger partial charge on any atom is 0.165 e. The Labute approximate surface area is 171 Å². The summed E-state index contributed by atoms with van der Waals surface area (Å²) >= 11 is 0. The molecule has 2 aromatic carbocycles. The van der Waals surface area contributed by atoms with Gasteiger partial charge in [-0.2, -0.15) is 5.26 Å². The maximum absolute atomic E-state index is 13.4. The first-order valence-corrected chi connectivity index (χ1v) is 10.6. The topological polar surface area (TPSA) is 61.1 Å². The first kappa shape index (κ1) is 18.2.